The number of methoxy groups -OCH3 is 1. The topological polar surface area (TPSA) is 54.8 Å². The van der Waals surface area contributed by atoms with Gasteiger partial charge in [0.1, 0.15) is 5.82 Å². The maximum absolute atomic E-state index is 9.06. The van der Waals surface area contributed by atoms with Crippen molar-refractivity contribution in [3.8, 4) is 5.88 Å². The van der Waals surface area contributed by atoms with E-state index in [1.165, 1.54) is 0 Å². The van der Waals surface area contributed by atoms with E-state index in [2.05, 4.69) is 9.88 Å². The molecule has 5 heteroatoms. The molecule has 0 amide bonds. The molecule has 88 valence electrons. The molecule has 0 aliphatic carbocycles. The minimum atomic E-state index is -0.123. The summed E-state index contributed by atoms with van der Waals surface area (Å²) in [4.78, 5) is 6.44. The van der Waals surface area contributed by atoms with Crippen LogP contribution in [0, 0.1) is 0 Å². The Morgan fingerprint density at radius 2 is 2.50 bits per heavy atom. The van der Waals surface area contributed by atoms with Crippen molar-refractivity contribution in [2.45, 2.75) is 6.10 Å². The summed E-state index contributed by atoms with van der Waals surface area (Å²) in [5, 5.41) is 9.06. The SMILES string of the molecule is COc1cccc(N2CCOC(CO)C2)n1. The van der Waals surface area contributed by atoms with Crippen LogP contribution in [0.15, 0.2) is 18.2 Å². The van der Waals surface area contributed by atoms with E-state index in [1.54, 1.807) is 7.11 Å². The zero-order valence-electron chi connectivity index (χ0n) is 9.30. The number of pyridine rings is 1. The average Bonchev–Trinajstić information content (AvgIpc) is 2.39. The molecule has 1 aliphatic rings. The van der Waals surface area contributed by atoms with Crippen LogP contribution in [0.1, 0.15) is 0 Å². The number of aromatic nitrogens is 1. The second kappa shape index (κ2) is 5.14. The molecule has 1 aromatic rings. The third-order valence-electron chi connectivity index (χ3n) is 2.58. The summed E-state index contributed by atoms with van der Waals surface area (Å²) in [6.45, 7) is 2.11. The monoisotopic (exact) mass is 224 g/mol. The smallest absolute Gasteiger partial charge is 0.214 e. The van der Waals surface area contributed by atoms with Gasteiger partial charge in [-0.25, -0.2) is 0 Å². The second-order valence-corrected chi connectivity index (χ2v) is 3.66. The third-order valence-corrected chi connectivity index (χ3v) is 2.58. The highest BCUT2D eigenvalue weighted by molar-refractivity contribution is 5.41. The first-order valence-corrected chi connectivity index (χ1v) is 5.32. The van der Waals surface area contributed by atoms with E-state index in [0.29, 0.717) is 19.0 Å². The normalized spacial score (nSPS) is 20.9. The van der Waals surface area contributed by atoms with Crippen LogP contribution in [0.5, 0.6) is 5.88 Å². The van der Waals surface area contributed by atoms with Gasteiger partial charge in [0.15, 0.2) is 0 Å². The summed E-state index contributed by atoms with van der Waals surface area (Å²) in [7, 11) is 1.60. The van der Waals surface area contributed by atoms with Crippen molar-refractivity contribution in [1.29, 1.82) is 0 Å². The molecule has 1 saturated heterocycles. The summed E-state index contributed by atoms with van der Waals surface area (Å²) in [5.41, 5.74) is 0. The lowest BCUT2D eigenvalue weighted by Crippen LogP contribution is -2.44. The van der Waals surface area contributed by atoms with Gasteiger partial charge in [-0.15, -0.1) is 0 Å². The molecule has 0 aromatic carbocycles. The van der Waals surface area contributed by atoms with Crippen molar-refractivity contribution >= 4 is 5.82 Å². The lowest BCUT2D eigenvalue weighted by Gasteiger charge is -2.32. The standard InChI is InChI=1S/C11H16N2O3/c1-15-11-4-2-3-10(12-11)13-5-6-16-9(7-13)8-14/h2-4,9,14H,5-8H2,1H3. The van der Waals surface area contributed by atoms with Crippen LogP contribution < -0.4 is 9.64 Å². The fourth-order valence-corrected chi connectivity index (χ4v) is 1.73. The minimum absolute atomic E-state index is 0.0421. The van der Waals surface area contributed by atoms with Crippen LogP contribution in [0.4, 0.5) is 5.82 Å². The van der Waals surface area contributed by atoms with Crippen molar-refractivity contribution in [3.63, 3.8) is 0 Å². The Labute approximate surface area is 94.6 Å². The van der Waals surface area contributed by atoms with E-state index in [-0.39, 0.29) is 12.7 Å². The molecule has 1 N–H and O–H groups in total. The summed E-state index contributed by atoms with van der Waals surface area (Å²) in [5.74, 6) is 1.46. The van der Waals surface area contributed by atoms with Gasteiger partial charge in [0.2, 0.25) is 5.88 Å². The summed E-state index contributed by atoms with van der Waals surface area (Å²) >= 11 is 0. The molecule has 1 atom stereocenters. The Hall–Kier alpha value is -1.33. The zero-order valence-corrected chi connectivity index (χ0v) is 9.30. The Balaban J connectivity index is 2.10. The highest BCUT2D eigenvalue weighted by atomic mass is 16.5. The largest absolute Gasteiger partial charge is 0.481 e. The van der Waals surface area contributed by atoms with Crippen LogP contribution in [-0.4, -0.2) is 49.6 Å². The number of anilines is 1. The Morgan fingerprint density at radius 3 is 3.25 bits per heavy atom. The van der Waals surface area contributed by atoms with E-state index < -0.39 is 0 Å². The maximum Gasteiger partial charge on any atom is 0.214 e. The van der Waals surface area contributed by atoms with Crippen molar-refractivity contribution in [1.82, 2.24) is 4.98 Å². The quantitative estimate of drug-likeness (QED) is 0.799. The van der Waals surface area contributed by atoms with Crippen LogP contribution >= 0.6 is 0 Å². The first-order valence-electron chi connectivity index (χ1n) is 5.32. The van der Waals surface area contributed by atoms with E-state index in [0.717, 1.165) is 12.4 Å². The van der Waals surface area contributed by atoms with Crippen molar-refractivity contribution in [2.24, 2.45) is 0 Å². The molecule has 1 aromatic heterocycles. The van der Waals surface area contributed by atoms with Gasteiger partial charge >= 0.3 is 0 Å². The summed E-state index contributed by atoms with van der Waals surface area (Å²) < 4.78 is 10.5. The first-order chi connectivity index (χ1) is 7.83. The van der Waals surface area contributed by atoms with Crippen LogP contribution in [0.2, 0.25) is 0 Å². The molecule has 0 bridgehead atoms. The number of hydrogen-bond donors (Lipinski definition) is 1. The number of hydrogen-bond acceptors (Lipinski definition) is 5. The minimum Gasteiger partial charge on any atom is -0.481 e. The van der Waals surface area contributed by atoms with Gasteiger partial charge < -0.3 is 19.5 Å². The first kappa shape index (κ1) is 11.2. The van der Waals surface area contributed by atoms with Crippen LogP contribution in [-0.2, 0) is 4.74 Å². The van der Waals surface area contributed by atoms with Gasteiger partial charge in [0.05, 0.1) is 26.4 Å². The van der Waals surface area contributed by atoms with Gasteiger partial charge in [-0.05, 0) is 6.07 Å². The number of ether oxygens (including phenoxy) is 2. The Morgan fingerprint density at radius 1 is 1.62 bits per heavy atom. The van der Waals surface area contributed by atoms with Crippen LogP contribution in [0.3, 0.4) is 0 Å². The van der Waals surface area contributed by atoms with Crippen molar-refractivity contribution in [2.75, 3.05) is 38.3 Å². The number of aliphatic hydroxyl groups is 1. The molecule has 2 heterocycles. The molecular formula is C11H16N2O3. The number of rotatable bonds is 3. The van der Waals surface area contributed by atoms with Gasteiger partial charge in [-0.2, -0.15) is 4.98 Å². The fraction of sp³-hybridized carbons (Fsp3) is 0.545. The number of morpholine rings is 1. The molecular weight excluding hydrogens is 208 g/mol. The lowest BCUT2D eigenvalue weighted by atomic mass is 10.3. The summed E-state index contributed by atoms with van der Waals surface area (Å²) in [6.07, 6.45) is -0.123. The Bertz CT molecular complexity index is 346. The predicted octanol–water partition coefficient (Wildman–Crippen LogP) is 0.288. The molecule has 5 nitrogen and oxygen atoms in total. The number of aliphatic hydroxyl groups excluding tert-OH is 1. The maximum atomic E-state index is 9.06. The highest BCUT2D eigenvalue weighted by Gasteiger charge is 2.20. The van der Waals surface area contributed by atoms with E-state index in [9.17, 15) is 0 Å². The van der Waals surface area contributed by atoms with Crippen molar-refractivity contribution in [3.05, 3.63) is 18.2 Å². The van der Waals surface area contributed by atoms with Crippen LogP contribution in [0.25, 0.3) is 0 Å². The Kier molecular flexibility index (Phi) is 3.58. The van der Waals surface area contributed by atoms with Crippen molar-refractivity contribution < 1.29 is 14.6 Å². The molecule has 1 fully saturated rings. The third kappa shape index (κ3) is 2.43. The molecule has 16 heavy (non-hydrogen) atoms. The van der Waals surface area contributed by atoms with Gasteiger partial charge in [0.25, 0.3) is 0 Å². The van der Waals surface area contributed by atoms with Gasteiger partial charge in [0, 0.05) is 19.2 Å². The molecule has 2 rings (SSSR count). The van der Waals surface area contributed by atoms with Gasteiger partial charge in [-0.1, -0.05) is 6.07 Å². The highest BCUT2D eigenvalue weighted by Crippen LogP contribution is 2.18. The number of nitrogens with zero attached hydrogens (tertiary/aromatic N) is 2. The van der Waals surface area contributed by atoms with Gasteiger partial charge in [-0.3, -0.25) is 0 Å². The molecule has 1 aliphatic heterocycles. The van der Waals surface area contributed by atoms with E-state index in [1.807, 2.05) is 18.2 Å². The fourth-order valence-electron chi connectivity index (χ4n) is 1.73. The molecule has 0 saturated carbocycles. The average molecular weight is 224 g/mol. The van der Waals surface area contributed by atoms with E-state index >= 15 is 0 Å². The predicted molar refractivity (Wildman–Crippen MR) is 59.8 cm³/mol. The lowest BCUT2D eigenvalue weighted by molar-refractivity contribution is 0.00334. The molecule has 0 spiro atoms. The van der Waals surface area contributed by atoms with E-state index in [4.69, 9.17) is 14.6 Å². The summed E-state index contributed by atoms with van der Waals surface area (Å²) in [6, 6.07) is 5.65. The zero-order chi connectivity index (χ0) is 11.4. The second-order valence-electron chi connectivity index (χ2n) is 3.66. The molecule has 1 unspecified atom stereocenters. The molecule has 0 radical (unpaired) electrons.